The van der Waals surface area contributed by atoms with Gasteiger partial charge in [0, 0.05) is 5.69 Å². The van der Waals surface area contributed by atoms with Gasteiger partial charge >= 0.3 is 0 Å². The summed E-state index contributed by atoms with van der Waals surface area (Å²) in [6, 6.07) is 16.1. The van der Waals surface area contributed by atoms with E-state index in [9.17, 15) is 4.79 Å². The molecule has 1 aliphatic heterocycles. The van der Waals surface area contributed by atoms with Crippen LogP contribution in [0.3, 0.4) is 0 Å². The summed E-state index contributed by atoms with van der Waals surface area (Å²) in [5.74, 6) is -0.00573. The van der Waals surface area contributed by atoms with Crippen LogP contribution < -0.4 is 10.6 Å². The van der Waals surface area contributed by atoms with E-state index in [4.69, 9.17) is 5.73 Å². The average Bonchev–Trinajstić information content (AvgIpc) is 2.59. The highest BCUT2D eigenvalue weighted by molar-refractivity contribution is 6.05. The normalized spacial score (nSPS) is 20.9. The number of hydrogen-bond acceptors (Lipinski definition) is 2. The van der Waals surface area contributed by atoms with Crippen molar-refractivity contribution in [3.8, 4) is 0 Å². The van der Waals surface area contributed by atoms with Crippen molar-refractivity contribution < 1.29 is 4.79 Å². The zero-order valence-corrected chi connectivity index (χ0v) is 13.1. The summed E-state index contributed by atoms with van der Waals surface area (Å²) in [4.78, 5) is 14.0. The fourth-order valence-corrected chi connectivity index (χ4v) is 3.00. The van der Waals surface area contributed by atoms with Crippen molar-refractivity contribution in [2.24, 2.45) is 5.73 Å². The second kappa shape index (κ2) is 5.93. The maximum absolute atomic E-state index is 12.2. The lowest BCUT2D eigenvalue weighted by Gasteiger charge is -2.45. The molecule has 0 radical (unpaired) electrons. The Morgan fingerprint density at radius 2 is 1.41 bits per heavy atom. The third kappa shape index (κ3) is 2.42. The van der Waals surface area contributed by atoms with Gasteiger partial charge in [0.25, 0.3) is 0 Å². The predicted molar refractivity (Wildman–Crippen MR) is 89.8 cm³/mol. The predicted octanol–water partition coefficient (Wildman–Crippen LogP) is 3.23. The Balaban J connectivity index is 1.89. The van der Waals surface area contributed by atoms with Crippen LogP contribution in [0.15, 0.2) is 48.5 Å². The first-order chi connectivity index (χ1) is 10.7. The van der Waals surface area contributed by atoms with Crippen molar-refractivity contribution in [1.82, 2.24) is 0 Å². The minimum atomic E-state index is -0.446. The maximum Gasteiger partial charge on any atom is 0.247 e. The van der Waals surface area contributed by atoms with Crippen LogP contribution in [0.1, 0.15) is 36.6 Å². The van der Waals surface area contributed by atoms with Crippen molar-refractivity contribution in [3.05, 3.63) is 65.2 Å². The highest BCUT2D eigenvalue weighted by atomic mass is 16.2. The van der Waals surface area contributed by atoms with Crippen molar-refractivity contribution in [3.63, 3.8) is 0 Å². The van der Waals surface area contributed by atoms with Gasteiger partial charge in [0.15, 0.2) is 0 Å². The smallest absolute Gasteiger partial charge is 0.247 e. The molecule has 1 amide bonds. The number of hydrogen-bond donors (Lipinski definition) is 1. The van der Waals surface area contributed by atoms with E-state index >= 15 is 0 Å². The second-order valence-corrected chi connectivity index (χ2v) is 5.79. The lowest BCUT2D eigenvalue weighted by molar-refractivity contribution is -0.126. The Kier molecular flexibility index (Phi) is 3.99. The molecule has 0 aromatic heterocycles. The van der Waals surface area contributed by atoms with Gasteiger partial charge in [-0.05, 0) is 41.7 Å². The van der Waals surface area contributed by atoms with E-state index in [0.717, 1.165) is 24.1 Å². The summed E-state index contributed by atoms with van der Waals surface area (Å²) in [6.45, 7) is 4.26. The third-order valence-corrected chi connectivity index (χ3v) is 4.49. The molecule has 1 heterocycles. The fraction of sp³-hybridized carbons (Fsp3) is 0.316. The molecule has 0 spiro atoms. The number of β-lactam (4-membered cyclic amide) rings is 1. The molecule has 2 unspecified atom stereocenters. The van der Waals surface area contributed by atoms with Gasteiger partial charge in [0.1, 0.15) is 6.04 Å². The number of carbonyl (C=O) groups excluding carboxylic acids is 1. The molecule has 3 heteroatoms. The number of benzene rings is 2. The zero-order chi connectivity index (χ0) is 15.7. The lowest BCUT2D eigenvalue weighted by Crippen LogP contribution is -2.63. The van der Waals surface area contributed by atoms with Crippen molar-refractivity contribution in [2.45, 2.75) is 38.8 Å². The second-order valence-electron chi connectivity index (χ2n) is 5.79. The van der Waals surface area contributed by atoms with Gasteiger partial charge in [-0.3, -0.25) is 4.79 Å². The number of carbonyl (C=O) groups is 1. The summed E-state index contributed by atoms with van der Waals surface area (Å²) in [7, 11) is 0. The molecular formula is C19H22N2O. The van der Waals surface area contributed by atoms with Gasteiger partial charge in [-0.25, -0.2) is 0 Å². The first kappa shape index (κ1) is 14.8. The quantitative estimate of drug-likeness (QED) is 0.880. The third-order valence-electron chi connectivity index (χ3n) is 4.49. The molecule has 114 valence electrons. The molecule has 2 aromatic rings. The topological polar surface area (TPSA) is 46.3 Å². The van der Waals surface area contributed by atoms with Gasteiger partial charge in [-0.2, -0.15) is 0 Å². The number of aryl methyl sites for hydroxylation is 2. The Morgan fingerprint density at radius 1 is 0.909 bits per heavy atom. The van der Waals surface area contributed by atoms with E-state index < -0.39 is 6.04 Å². The van der Waals surface area contributed by atoms with Crippen LogP contribution in [-0.2, 0) is 17.6 Å². The number of rotatable bonds is 4. The molecular weight excluding hydrogens is 272 g/mol. The molecule has 3 rings (SSSR count). The van der Waals surface area contributed by atoms with E-state index in [1.165, 1.54) is 11.1 Å². The van der Waals surface area contributed by atoms with Gasteiger partial charge < -0.3 is 10.6 Å². The first-order valence-corrected chi connectivity index (χ1v) is 7.92. The van der Waals surface area contributed by atoms with Crippen LogP contribution in [0, 0.1) is 0 Å². The summed E-state index contributed by atoms with van der Waals surface area (Å²) in [6.07, 6.45) is 2.01. The van der Waals surface area contributed by atoms with Gasteiger partial charge in [-0.15, -0.1) is 0 Å². The van der Waals surface area contributed by atoms with Crippen LogP contribution in [0.5, 0.6) is 0 Å². The first-order valence-electron chi connectivity index (χ1n) is 7.92. The summed E-state index contributed by atoms with van der Waals surface area (Å²) in [5, 5.41) is 0. The van der Waals surface area contributed by atoms with E-state index in [2.05, 4.69) is 50.2 Å². The Hall–Kier alpha value is -2.13. The van der Waals surface area contributed by atoms with E-state index in [1.807, 2.05) is 17.0 Å². The van der Waals surface area contributed by atoms with Crippen molar-refractivity contribution >= 4 is 11.6 Å². The molecule has 0 aliphatic carbocycles. The minimum Gasteiger partial charge on any atom is -0.318 e. The highest BCUT2D eigenvalue weighted by Crippen LogP contribution is 2.38. The standard InChI is InChI=1S/C19H22N2O/c1-3-13-5-9-15(10-6-13)18-17(20)19(22)21(18)16-11-7-14(4-2)8-12-16/h5-12,17-18H,3-4,20H2,1-2H3. The van der Waals surface area contributed by atoms with Crippen LogP contribution in [0.25, 0.3) is 0 Å². The number of amides is 1. The largest absolute Gasteiger partial charge is 0.318 e. The molecule has 0 saturated carbocycles. The van der Waals surface area contributed by atoms with Gasteiger partial charge in [0.2, 0.25) is 5.91 Å². The summed E-state index contributed by atoms with van der Waals surface area (Å²) in [5.41, 5.74) is 10.6. The van der Waals surface area contributed by atoms with E-state index in [-0.39, 0.29) is 11.9 Å². The molecule has 2 N–H and O–H groups in total. The lowest BCUT2D eigenvalue weighted by atomic mass is 9.87. The van der Waals surface area contributed by atoms with Crippen molar-refractivity contribution in [2.75, 3.05) is 4.90 Å². The number of anilines is 1. The van der Waals surface area contributed by atoms with Crippen molar-refractivity contribution in [1.29, 1.82) is 0 Å². The molecule has 22 heavy (non-hydrogen) atoms. The Bertz CT molecular complexity index is 661. The fourth-order valence-electron chi connectivity index (χ4n) is 3.00. The SMILES string of the molecule is CCc1ccc(C2C(N)C(=O)N2c2ccc(CC)cc2)cc1. The van der Waals surface area contributed by atoms with Gasteiger partial charge in [0.05, 0.1) is 6.04 Å². The highest BCUT2D eigenvalue weighted by Gasteiger charge is 2.46. The minimum absolute atomic E-state index is 0.00573. The Morgan fingerprint density at radius 3 is 1.91 bits per heavy atom. The summed E-state index contributed by atoms with van der Waals surface area (Å²) >= 11 is 0. The van der Waals surface area contributed by atoms with Crippen LogP contribution in [0.2, 0.25) is 0 Å². The molecule has 1 aliphatic rings. The van der Waals surface area contributed by atoms with Gasteiger partial charge in [-0.1, -0.05) is 50.2 Å². The van der Waals surface area contributed by atoms with E-state index in [1.54, 1.807) is 0 Å². The van der Waals surface area contributed by atoms with E-state index in [0.29, 0.717) is 0 Å². The number of nitrogens with two attached hydrogens (primary N) is 1. The van der Waals surface area contributed by atoms with Crippen LogP contribution in [-0.4, -0.2) is 11.9 Å². The molecule has 2 atom stereocenters. The molecule has 1 fully saturated rings. The molecule has 3 nitrogen and oxygen atoms in total. The zero-order valence-electron chi connectivity index (χ0n) is 13.1. The summed E-state index contributed by atoms with van der Waals surface area (Å²) < 4.78 is 0. The number of nitrogens with zero attached hydrogens (tertiary/aromatic N) is 1. The van der Waals surface area contributed by atoms with Crippen LogP contribution >= 0.6 is 0 Å². The molecule has 1 saturated heterocycles. The average molecular weight is 294 g/mol. The molecule has 0 bridgehead atoms. The Labute approximate surface area is 131 Å². The van der Waals surface area contributed by atoms with Crippen LogP contribution in [0.4, 0.5) is 5.69 Å². The molecule has 2 aromatic carbocycles. The maximum atomic E-state index is 12.2. The monoisotopic (exact) mass is 294 g/mol.